The number of aliphatic hydroxyl groups is 2. The van der Waals surface area contributed by atoms with Gasteiger partial charge in [0.05, 0.1) is 11.7 Å². The van der Waals surface area contributed by atoms with Gasteiger partial charge < -0.3 is 20.1 Å². The predicted molar refractivity (Wildman–Crippen MR) is 116 cm³/mol. The molecule has 0 aromatic carbocycles. The average Bonchev–Trinajstić information content (AvgIpc) is 2.88. The summed E-state index contributed by atoms with van der Waals surface area (Å²) in [6.45, 7) is 9.21. The quantitative estimate of drug-likeness (QED) is 0.368. The summed E-state index contributed by atoms with van der Waals surface area (Å²) in [5, 5.41) is 29.9. The van der Waals surface area contributed by atoms with Gasteiger partial charge in [-0.25, -0.2) is 4.79 Å². The second kappa shape index (κ2) is 11.6. The Labute approximate surface area is 180 Å². The van der Waals surface area contributed by atoms with Gasteiger partial charge >= 0.3 is 5.97 Å². The van der Waals surface area contributed by atoms with Crippen LogP contribution >= 0.6 is 0 Å². The van der Waals surface area contributed by atoms with Crippen molar-refractivity contribution in [1.82, 2.24) is 0 Å². The zero-order chi connectivity index (χ0) is 22.9. The number of carbonyl (C=O) groups is 2. The van der Waals surface area contributed by atoms with E-state index in [1.807, 2.05) is 12.2 Å². The third kappa shape index (κ3) is 8.59. The van der Waals surface area contributed by atoms with Gasteiger partial charge in [0, 0.05) is 24.7 Å². The Morgan fingerprint density at radius 2 is 1.97 bits per heavy atom. The molecule has 30 heavy (non-hydrogen) atoms. The van der Waals surface area contributed by atoms with E-state index < -0.39 is 35.1 Å². The van der Waals surface area contributed by atoms with E-state index in [4.69, 9.17) is 4.74 Å². The van der Waals surface area contributed by atoms with Crippen LogP contribution in [0.2, 0.25) is 0 Å². The van der Waals surface area contributed by atoms with E-state index in [2.05, 4.69) is 18.8 Å². The van der Waals surface area contributed by atoms with Crippen LogP contribution in [-0.4, -0.2) is 51.5 Å². The molecule has 6 heteroatoms. The number of carboxylic acid groups (broad SMARTS) is 1. The van der Waals surface area contributed by atoms with Crippen LogP contribution in [0.1, 0.15) is 73.1 Å². The fraction of sp³-hybridized carbons (Fsp3) is 0.750. The van der Waals surface area contributed by atoms with Crippen molar-refractivity contribution in [2.45, 2.75) is 91.0 Å². The van der Waals surface area contributed by atoms with Gasteiger partial charge in [0.25, 0.3) is 0 Å². The van der Waals surface area contributed by atoms with Crippen LogP contribution in [0.4, 0.5) is 0 Å². The molecule has 1 saturated carbocycles. The van der Waals surface area contributed by atoms with E-state index in [0.29, 0.717) is 12.8 Å². The van der Waals surface area contributed by atoms with Crippen LogP contribution in [0.15, 0.2) is 12.2 Å². The summed E-state index contributed by atoms with van der Waals surface area (Å²) in [6.07, 6.45) is 5.52. The molecule has 0 spiro atoms. The Bertz CT molecular complexity index is 661. The third-order valence-corrected chi connectivity index (χ3v) is 5.50. The Hall–Kier alpha value is -1.68. The van der Waals surface area contributed by atoms with Gasteiger partial charge in [0.15, 0.2) is 6.10 Å². The topological polar surface area (TPSA) is 104 Å². The zero-order valence-corrected chi connectivity index (χ0v) is 19.0. The number of rotatable bonds is 10. The standard InChI is InChI=1S/C24H38O6/c1-6-7-13-24(5,29)14-10-12-18-17(19(25)16-20(18)26)11-8-9-15-30-21(22(27)28)23(2,3)4/h10,12,17-18,20-21,26,29H,6-7,11,13-16H2,1-5H3,(H,27,28). The number of aliphatic carboxylic acids is 1. The Balaban J connectivity index is 2.65. The maximum Gasteiger partial charge on any atom is 0.333 e. The van der Waals surface area contributed by atoms with E-state index in [1.54, 1.807) is 27.7 Å². The number of hydrogen-bond donors (Lipinski definition) is 3. The second-order valence-electron chi connectivity index (χ2n) is 9.61. The molecular weight excluding hydrogens is 384 g/mol. The number of hydrogen-bond acceptors (Lipinski definition) is 5. The number of Topliss-reactive ketones (excluding diaryl/α,β-unsaturated/α-hetero) is 1. The van der Waals surface area contributed by atoms with Gasteiger partial charge in [-0.15, -0.1) is 5.92 Å². The third-order valence-electron chi connectivity index (χ3n) is 5.50. The van der Waals surface area contributed by atoms with Crippen LogP contribution < -0.4 is 0 Å². The molecule has 0 aliphatic heterocycles. The summed E-state index contributed by atoms with van der Waals surface area (Å²) < 4.78 is 5.39. The molecule has 0 aromatic rings. The molecule has 6 nitrogen and oxygen atoms in total. The molecule has 170 valence electrons. The first-order valence-corrected chi connectivity index (χ1v) is 10.8. The van der Waals surface area contributed by atoms with Gasteiger partial charge in [0.2, 0.25) is 0 Å². The van der Waals surface area contributed by atoms with E-state index >= 15 is 0 Å². The van der Waals surface area contributed by atoms with Gasteiger partial charge in [-0.3, -0.25) is 4.79 Å². The minimum atomic E-state index is -1.03. The lowest BCUT2D eigenvalue weighted by Crippen LogP contribution is -2.37. The Kier molecular flexibility index (Phi) is 10.2. The van der Waals surface area contributed by atoms with Crippen LogP contribution in [0, 0.1) is 29.1 Å². The van der Waals surface area contributed by atoms with Crippen LogP contribution in [-0.2, 0) is 14.3 Å². The molecule has 3 N–H and O–H groups in total. The molecule has 1 aliphatic carbocycles. The summed E-state index contributed by atoms with van der Waals surface area (Å²) in [5.74, 6) is 3.92. The van der Waals surface area contributed by atoms with E-state index in [9.17, 15) is 24.9 Å². The molecule has 0 heterocycles. The average molecular weight is 423 g/mol. The first-order valence-electron chi connectivity index (χ1n) is 10.8. The highest BCUT2D eigenvalue weighted by Crippen LogP contribution is 2.33. The lowest BCUT2D eigenvalue weighted by atomic mass is 9.89. The molecular formula is C24H38O6. The first kappa shape index (κ1) is 26.4. The van der Waals surface area contributed by atoms with Crippen LogP contribution in [0.25, 0.3) is 0 Å². The predicted octanol–water partition coefficient (Wildman–Crippen LogP) is 3.35. The molecule has 5 atom stereocenters. The van der Waals surface area contributed by atoms with Crippen molar-refractivity contribution in [2.24, 2.45) is 17.3 Å². The van der Waals surface area contributed by atoms with Crippen LogP contribution in [0.3, 0.4) is 0 Å². The minimum absolute atomic E-state index is 0.0248. The molecule has 0 amide bonds. The SMILES string of the molecule is CCCCC(C)(O)CC=CC1C(O)CC(=O)C1CC#CCOC(C(=O)O)C(C)(C)C. The summed E-state index contributed by atoms with van der Waals surface area (Å²) >= 11 is 0. The first-order chi connectivity index (χ1) is 13.9. The normalized spacial score (nSPS) is 25.0. The summed E-state index contributed by atoms with van der Waals surface area (Å²) in [7, 11) is 0. The highest BCUT2D eigenvalue weighted by molar-refractivity contribution is 5.85. The summed E-state index contributed by atoms with van der Waals surface area (Å²) in [5.41, 5.74) is -1.34. The molecule has 1 aliphatic rings. The molecule has 0 radical (unpaired) electrons. The highest BCUT2D eigenvalue weighted by atomic mass is 16.5. The number of carbonyl (C=O) groups excluding carboxylic acids is 1. The van der Waals surface area contributed by atoms with Crippen molar-refractivity contribution in [3.63, 3.8) is 0 Å². The molecule has 0 saturated heterocycles. The largest absolute Gasteiger partial charge is 0.479 e. The monoisotopic (exact) mass is 422 g/mol. The number of ether oxygens (including phenoxy) is 1. The van der Waals surface area contributed by atoms with Crippen molar-refractivity contribution < 1.29 is 29.6 Å². The number of carboxylic acids is 1. The fourth-order valence-electron chi connectivity index (χ4n) is 3.68. The van der Waals surface area contributed by atoms with Crippen LogP contribution in [0.5, 0.6) is 0 Å². The van der Waals surface area contributed by atoms with E-state index in [1.165, 1.54) is 0 Å². The zero-order valence-electron chi connectivity index (χ0n) is 19.0. The van der Waals surface area contributed by atoms with Gasteiger partial charge in [0.1, 0.15) is 12.4 Å². The summed E-state index contributed by atoms with van der Waals surface area (Å²) in [4.78, 5) is 23.6. The smallest absolute Gasteiger partial charge is 0.333 e. The molecule has 0 bridgehead atoms. The Morgan fingerprint density at radius 3 is 2.53 bits per heavy atom. The van der Waals surface area contributed by atoms with Gasteiger partial charge in [-0.05, 0) is 25.2 Å². The van der Waals surface area contributed by atoms with Crippen molar-refractivity contribution >= 4 is 11.8 Å². The maximum atomic E-state index is 12.3. The van der Waals surface area contributed by atoms with E-state index in [0.717, 1.165) is 12.8 Å². The lowest BCUT2D eigenvalue weighted by Gasteiger charge is -2.26. The molecule has 0 aromatic heterocycles. The van der Waals surface area contributed by atoms with Crippen molar-refractivity contribution in [3.8, 4) is 11.8 Å². The van der Waals surface area contributed by atoms with Crippen molar-refractivity contribution in [3.05, 3.63) is 12.2 Å². The molecule has 1 rings (SSSR count). The minimum Gasteiger partial charge on any atom is -0.479 e. The number of ketones is 1. The molecule has 5 unspecified atom stereocenters. The van der Waals surface area contributed by atoms with E-state index in [-0.39, 0.29) is 31.1 Å². The lowest BCUT2D eigenvalue weighted by molar-refractivity contribution is -0.156. The van der Waals surface area contributed by atoms with Crippen molar-refractivity contribution in [2.75, 3.05) is 6.61 Å². The number of unbranched alkanes of at least 4 members (excludes halogenated alkanes) is 1. The highest BCUT2D eigenvalue weighted by Gasteiger charge is 2.39. The molecule has 1 fully saturated rings. The van der Waals surface area contributed by atoms with Gasteiger partial charge in [-0.2, -0.15) is 0 Å². The second-order valence-corrected chi connectivity index (χ2v) is 9.61. The maximum absolute atomic E-state index is 12.3. The summed E-state index contributed by atoms with van der Waals surface area (Å²) in [6, 6.07) is 0. The Morgan fingerprint density at radius 1 is 1.30 bits per heavy atom. The van der Waals surface area contributed by atoms with Crippen molar-refractivity contribution in [1.29, 1.82) is 0 Å². The fourth-order valence-corrected chi connectivity index (χ4v) is 3.68. The van der Waals surface area contributed by atoms with Gasteiger partial charge in [-0.1, -0.05) is 58.6 Å². The number of aliphatic hydroxyl groups excluding tert-OH is 1.